The molecule has 1 aliphatic rings. The van der Waals surface area contributed by atoms with Gasteiger partial charge in [-0.3, -0.25) is 10.1 Å². The van der Waals surface area contributed by atoms with Crippen LogP contribution in [0.4, 0.5) is 4.79 Å². The fraction of sp³-hybridized carbons (Fsp3) is 0.471. The molecule has 0 aromatic heterocycles. The average molecular weight is 350 g/mol. The Morgan fingerprint density at radius 3 is 2.40 bits per heavy atom. The summed E-state index contributed by atoms with van der Waals surface area (Å²) < 4.78 is 15.8. The maximum Gasteiger partial charge on any atom is 0.338 e. The molecule has 2 rings (SSSR count). The van der Waals surface area contributed by atoms with E-state index in [1.165, 1.54) is 12.1 Å². The van der Waals surface area contributed by atoms with Gasteiger partial charge in [-0.15, -0.1) is 0 Å². The molecule has 8 heteroatoms. The fourth-order valence-electron chi connectivity index (χ4n) is 2.00. The number of imide groups is 1. The molecule has 3 amide bonds. The minimum atomic E-state index is -0.693. The van der Waals surface area contributed by atoms with E-state index in [2.05, 4.69) is 10.6 Å². The lowest BCUT2D eigenvalue weighted by atomic mass is 10.2. The van der Waals surface area contributed by atoms with E-state index in [4.69, 9.17) is 14.2 Å². The van der Waals surface area contributed by atoms with Crippen molar-refractivity contribution < 1.29 is 28.6 Å². The number of benzene rings is 1. The Kier molecular flexibility index (Phi) is 6.62. The Morgan fingerprint density at radius 2 is 1.76 bits per heavy atom. The summed E-state index contributed by atoms with van der Waals surface area (Å²) in [6.07, 6.45) is 1.83. The molecule has 0 aliphatic heterocycles. The molecule has 1 fully saturated rings. The van der Waals surface area contributed by atoms with Gasteiger partial charge >= 0.3 is 12.0 Å². The normalized spacial score (nSPS) is 12.9. The number of ether oxygens (including phenoxy) is 3. The van der Waals surface area contributed by atoms with Crippen LogP contribution < -0.4 is 20.1 Å². The van der Waals surface area contributed by atoms with Crippen LogP contribution in [-0.4, -0.2) is 43.8 Å². The van der Waals surface area contributed by atoms with Gasteiger partial charge < -0.3 is 19.5 Å². The second-order valence-electron chi connectivity index (χ2n) is 5.40. The summed E-state index contributed by atoms with van der Waals surface area (Å²) in [6.45, 7) is 3.99. The highest BCUT2D eigenvalue weighted by Crippen LogP contribution is 2.28. The van der Waals surface area contributed by atoms with E-state index in [0.29, 0.717) is 24.7 Å². The highest BCUT2D eigenvalue weighted by molar-refractivity contribution is 5.97. The molecule has 0 heterocycles. The van der Waals surface area contributed by atoms with Crippen LogP contribution in [0, 0.1) is 0 Å². The number of urea groups is 1. The molecular formula is C17H22N2O6. The lowest BCUT2D eigenvalue weighted by molar-refractivity contribution is -0.123. The first-order valence-corrected chi connectivity index (χ1v) is 8.20. The molecule has 0 bridgehead atoms. The van der Waals surface area contributed by atoms with Crippen LogP contribution in [0.3, 0.4) is 0 Å². The van der Waals surface area contributed by atoms with E-state index in [9.17, 15) is 14.4 Å². The molecule has 0 atom stereocenters. The molecule has 1 aromatic carbocycles. The highest BCUT2D eigenvalue weighted by atomic mass is 16.5. The van der Waals surface area contributed by atoms with E-state index in [1.54, 1.807) is 6.07 Å². The van der Waals surface area contributed by atoms with E-state index in [1.807, 2.05) is 13.8 Å². The van der Waals surface area contributed by atoms with Crippen molar-refractivity contribution in [3.8, 4) is 11.5 Å². The Labute approximate surface area is 145 Å². The largest absolute Gasteiger partial charge is 0.490 e. The van der Waals surface area contributed by atoms with E-state index in [0.717, 1.165) is 12.8 Å². The average Bonchev–Trinajstić information content (AvgIpc) is 3.38. The molecule has 0 saturated heterocycles. The summed E-state index contributed by atoms with van der Waals surface area (Å²) >= 11 is 0. The number of rotatable bonds is 8. The zero-order valence-electron chi connectivity index (χ0n) is 14.3. The molecule has 0 spiro atoms. The first-order chi connectivity index (χ1) is 12.0. The van der Waals surface area contributed by atoms with Gasteiger partial charge in [-0.25, -0.2) is 9.59 Å². The van der Waals surface area contributed by atoms with Gasteiger partial charge in [0.1, 0.15) is 0 Å². The quantitative estimate of drug-likeness (QED) is 0.691. The standard InChI is InChI=1S/C17H22N2O6/c1-3-23-13-8-5-11(9-14(13)24-4-2)16(21)25-10-15(20)19-17(22)18-12-6-7-12/h5,8-9,12H,3-4,6-7,10H2,1-2H3,(H2,18,19,20,22). The lowest BCUT2D eigenvalue weighted by Crippen LogP contribution is -2.42. The van der Waals surface area contributed by atoms with Crippen molar-refractivity contribution >= 4 is 17.9 Å². The fourth-order valence-corrected chi connectivity index (χ4v) is 2.00. The van der Waals surface area contributed by atoms with Crippen molar-refractivity contribution in [1.82, 2.24) is 10.6 Å². The van der Waals surface area contributed by atoms with Crippen molar-refractivity contribution in [2.45, 2.75) is 32.7 Å². The van der Waals surface area contributed by atoms with Crippen LogP contribution in [0.5, 0.6) is 11.5 Å². The Balaban J connectivity index is 1.87. The third-order valence-electron chi connectivity index (χ3n) is 3.28. The maximum absolute atomic E-state index is 12.0. The number of carbonyl (C=O) groups excluding carboxylic acids is 3. The van der Waals surface area contributed by atoms with Crippen LogP contribution in [0.25, 0.3) is 0 Å². The number of hydrogen-bond donors (Lipinski definition) is 2. The number of hydrogen-bond acceptors (Lipinski definition) is 6. The molecule has 1 aliphatic carbocycles. The summed E-state index contributed by atoms with van der Waals surface area (Å²) in [6, 6.07) is 4.18. The van der Waals surface area contributed by atoms with Crippen molar-refractivity contribution in [3.63, 3.8) is 0 Å². The van der Waals surface area contributed by atoms with Crippen molar-refractivity contribution in [3.05, 3.63) is 23.8 Å². The number of carbonyl (C=O) groups is 3. The second-order valence-corrected chi connectivity index (χ2v) is 5.40. The molecule has 1 saturated carbocycles. The second kappa shape index (κ2) is 8.91. The molecule has 136 valence electrons. The van der Waals surface area contributed by atoms with Crippen molar-refractivity contribution in [1.29, 1.82) is 0 Å². The monoisotopic (exact) mass is 350 g/mol. The van der Waals surface area contributed by atoms with E-state index >= 15 is 0 Å². The molecule has 8 nitrogen and oxygen atoms in total. The van der Waals surface area contributed by atoms with E-state index < -0.39 is 24.5 Å². The van der Waals surface area contributed by atoms with Gasteiger partial charge in [-0.05, 0) is 44.9 Å². The molecular weight excluding hydrogens is 328 g/mol. The Morgan fingerprint density at radius 1 is 1.08 bits per heavy atom. The van der Waals surface area contributed by atoms with Gasteiger partial charge in [0.25, 0.3) is 5.91 Å². The molecule has 2 N–H and O–H groups in total. The Hall–Kier alpha value is -2.77. The minimum absolute atomic E-state index is 0.135. The van der Waals surface area contributed by atoms with Gasteiger partial charge in [-0.1, -0.05) is 0 Å². The number of esters is 1. The summed E-state index contributed by atoms with van der Waals surface area (Å²) in [7, 11) is 0. The SMILES string of the molecule is CCOc1ccc(C(=O)OCC(=O)NC(=O)NC2CC2)cc1OCC. The summed E-state index contributed by atoms with van der Waals surface area (Å²) in [5.74, 6) is -0.438. The van der Waals surface area contributed by atoms with Crippen molar-refractivity contribution in [2.75, 3.05) is 19.8 Å². The van der Waals surface area contributed by atoms with Gasteiger partial charge in [0.2, 0.25) is 0 Å². The smallest absolute Gasteiger partial charge is 0.338 e. The predicted molar refractivity (Wildman–Crippen MR) is 88.8 cm³/mol. The van der Waals surface area contributed by atoms with Gasteiger partial charge in [0.15, 0.2) is 18.1 Å². The number of nitrogens with one attached hydrogen (secondary N) is 2. The van der Waals surface area contributed by atoms with Crippen LogP contribution >= 0.6 is 0 Å². The summed E-state index contributed by atoms with van der Waals surface area (Å²) in [5.41, 5.74) is 0.224. The summed E-state index contributed by atoms with van der Waals surface area (Å²) in [4.78, 5) is 35.1. The van der Waals surface area contributed by atoms with Gasteiger partial charge in [-0.2, -0.15) is 0 Å². The lowest BCUT2D eigenvalue weighted by Gasteiger charge is -2.12. The van der Waals surface area contributed by atoms with Crippen LogP contribution in [0.2, 0.25) is 0 Å². The third-order valence-corrected chi connectivity index (χ3v) is 3.28. The van der Waals surface area contributed by atoms with Crippen molar-refractivity contribution in [2.24, 2.45) is 0 Å². The van der Waals surface area contributed by atoms with Gasteiger partial charge in [0, 0.05) is 6.04 Å². The Bertz CT molecular complexity index is 642. The first-order valence-electron chi connectivity index (χ1n) is 8.20. The topological polar surface area (TPSA) is 103 Å². The molecule has 25 heavy (non-hydrogen) atoms. The first kappa shape index (κ1) is 18.6. The zero-order chi connectivity index (χ0) is 18.2. The third kappa shape index (κ3) is 5.98. The van der Waals surface area contributed by atoms with Crippen LogP contribution in [0.1, 0.15) is 37.0 Å². The molecule has 0 unspecified atom stereocenters. The highest BCUT2D eigenvalue weighted by Gasteiger charge is 2.24. The minimum Gasteiger partial charge on any atom is -0.490 e. The van der Waals surface area contributed by atoms with Crippen LogP contribution in [0.15, 0.2) is 18.2 Å². The summed E-state index contributed by atoms with van der Waals surface area (Å²) in [5, 5.41) is 4.71. The van der Waals surface area contributed by atoms with Gasteiger partial charge in [0.05, 0.1) is 18.8 Å². The number of amides is 3. The van der Waals surface area contributed by atoms with Crippen LogP contribution in [-0.2, 0) is 9.53 Å². The molecule has 0 radical (unpaired) electrons. The van der Waals surface area contributed by atoms with E-state index in [-0.39, 0.29) is 11.6 Å². The zero-order valence-corrected chi connectivity index (χ0v) is 14.3. The maximum atomic E-state index is 12.0. The predicted octanol–water partition coefficient (Wildman–Crippen LogP) is 1.63. The molecule has 1 aromatic rings.